The Kier molecular flexibility index (Phi) is 6.21. The van der Waals surface area contributed by atoms with E-state index in [9.17, 15) is 0 Å². The van der Waals surface area contributed by atoms with Crippen molar-refractivity contribution in [1.29, 1.82) is 0 Å². The highest BCUT2D eigenvalue weighted by molar-refractivity contribution is 6.64. The summed E-state index contributed by atoms with van der Waals surface area (Å²) in [6.45, 7) is 8.79. The molecule has 34 heavy (non-hydrogen) atoms. The minimum atomic E-state index is 0.635. The fraction of sp³-hybridized carbons (Fsp3) is 0.152. The van der Waals surface area contributed by atoms with Crippen molar-refractivity contribution in [3.63, 3.8) is 0 Å². The third-order valence-corrected chi connectivity index (χ3v) is 7.87. The van der Waals surface area contributed by atoms with Gasteiger partial charge in [-0.1, -0.05) is 130 Å². The second kappa shape index (κ2) is 9.44. The molecule has 0 N–H and O–H groups in total. The lowest BCUT2D eigenvalue weighted by Gasteiger charge is -2.18. The molecule has 0 aliphatic heterocycles. The number of hydrogen-bond donors (Lipinski definition) is 0. The third-order valence-electron chi connectivity index (χ3n) is 6.41. The van der Waals surface area contributed by atoms with Crippen LogP contribution in [-0.4, -0.2) is 9.52 Å². The van der Waals surface area contributed by atoms with Crippen molar-refractivity contribution in [2.24, 2.45) is 0 Å². The molecule has 0 fully saturated rings. The Labute approximate surface area is 206 Å². The van der Waals surface area contributed by atoms with E-state index in [2.05, 4.69) is 125 Å². The van der Waals surface area contributed by atoms with E-state index in [1.54, 1.807) is 0 Å². The monoisotopic (exact) mass is 454 g/mol. The Morgan fingerprint density at radius 1 is 0.588 bits per heavy atom. The van der Waals surface area contributed by atoms with Crippen molar-refractivity contribution in [3.8, 4) is 22.3 Å². The fourth-order valence-corrected chi connectivity index (χ4v) is 6.62. The first-order valence-electron chi connectivity index (χ1n) is 12.0. The highest BCUT2D eigenvalue weighted by atomic mass is 28.2. The molecular weight excluding hydrogens is 424 g/mol. The van der Waals surface area contributed by atoms with Gasteiger partial charge in [-0.3, -0.25) is 0 Å². The van der Waals surface area contributed by atoms with Crippen LogP contribution in [0.25, 0.3) is 27.8 Å². The quantitative estimate of drug-likeness (QED) is 0.268. The number of hydrogen-bond acceptors (Lipinski definition) is 0. The van der Waals surface area contributed by atoms with Crippen molar-refractivity contribution in [3.05, 3.63) is 130 Å². The normalized spacial score (nSPS) is 13.1. The largest absolute Gasteiger partial charge is 0.117 e. The lowest BCUT2D eigenvalue weighted by Crippen LogP contribution is -2.20. The molecular formula is C33H30Si. The lowest BCUT2D eigenvalue weighted by molar-refractivity contribution is 1.37. The van der Waals surface area contributed by atoms with Gasteiger partial charge in [0, 0.05) is 0 Å². The Balaban J connectivity index is 1.70. The molecule has 0 unspecified atom stereocenters. The van der Waals surface area contributed by atoms with E-state index in [4.69, 9.17) is 0 Å². The summed E-state index contributed by atoms with van der Waals surface area (Å²) >= 11 is 0. The first-order valence-corrected chi connectivity index (χ1v) is 13.0. The average Bonchev–Trinajstić information content (AvgIpc) is 3.26. The zero-order valence-electron chi connectivity index (χ0n) is 20.4. The van der Waals surface area contributed by atoms with E-state index < -0.39 is 0 Å². The summed E-state index contributed by atoms with van der Waals surface area (Å²) < 4.78 is 0. The maximum Gasteiger partial charge on any atom is 0.117 e. The maximum atomic E-state index is 2.35. The topological polar surface area (TPSA) is 0 Å². The van der Waals surface area contributed by atoms with E-state index >= 15 is 0 Å². The summed E-state index contributed by atoms with van der Waals surface area (Å²) in [6.07, 6.45) is 5.65. The van der Waals surface area contributed by atoms with Crippen molar-refractivity contribution >= 4 is 20.3 Å². The van der Waals surface area contributed by atoms with E-state index in [1.165, 1.54) is 66.0 Å². The summed E-state index contributed by atoms with van der Waals surface area (Å²) in [4.78, 5) is 0. The Bertz CT molecular complexity index is 1380. The predicted molar refractivity (Wildman–Crippen MR) is 149 cm³/mol. The van der Waals surface area contributed by atoms with Crippen LogP contribution in [-0.2, 0) is 0 Å². The number of aryl methyl sites for hydroxylation is 4. The van der Waals surface area contributed by atoms with Gasteiger partial charge in [-0.15, -0.1) is 0 Å². The molecule has 1 aliphatic rings. The summed E-state index contributed by atoms with van der Waals surface area (Å²) in [5, 5.41) is 2.95. The van der Waals surface area contributed by atoms with E-state index in [1.807, 2.05) is 0 Å². The maximum absolute atomic E-state index is 2.35. The molecule has 0 bridgehead atoms. The van der Waals surface area contributed by atoms with Gasteiger partial charge in [0.1, 0.15) is 9.52 Å². The van der Waals surface area contributed by atoms with E-state index in [0.717, 1.165) is 6.42 Å². The molecule has 1 heteroatoms. The minimum Gasteiger partial charge on any atom is -0.0802 e. The molecule has 0 saturated heterocycles. The molecule has 2 radical (unpaired) electrons. The van der Waals surface area contributed by atoms with Crippen LogP contribution in [0.4, 0.5) is 0 Å². The zero-order chi connectivity index (χ0) is 23.7. The predicted octanol–water partition coefficient (Wildman–Crippen LogP) is 7.95. The molecule has 0 atom stereocenters. The molecule has 0 amide bonds. The number of allylic oxidation sites excluding steroid dienone is 4. The van der Waals surface area contributed by atoms with Crippen LogP contribution in [0.1, 0.15) is 34.2 Å². The molecule has 0 aromatic heterocycles. The fourth-order valence-electron chi connectivity index (χ4n) is 5.13. The molecule has 0 saturated carbocycles. The van der Waals surface area contributed by atoms with Crippen LogP contribution in [0.2, 0.25) is 0 Å². The first-order chi connectivity index (χ1) is 16.5. The molecule has 4 aromatic carbocycles. The van der Waals surface area contributed by atoms with Crippen LogP contribution >= 0.6 is 0 Å². The minimum absolute atomic E-state index is 0.635. The van der Waals surface area contributed by atoms with Gasteiger partial charge in [0.05, 0.1) is 0 Å². The molecule has 0 nitrogen and oxygen atoms in total. The highest BCUT2D eigenvalue weighted by Gasteiger charge is 2.18. The van der Waals surface area contributed by atoms with Crippen LogP contribution in [0.3, 0.4) is 0 Å². The SMILES string of the molecule is Cc1cc(C)cc(-c2cccc([Si]C3=C(c4ccccc4)C=CC3)c2-c2cc(C)cc(C)c2)c1. The Morgan fingerprint density at radius 3 is 1.85 bits per heavy atom. The smallest absolute Gasteiger partial charge is 0.0802 e. The van der Waals surface area contributed by atoms with Crippen LogP contribution in [0, 0.1) is 27.7 Å². The van der Waals surface area contributed by atoms with Crippen molar-refractivity contribution in [1.82, 2.24) is 0 Å². The van der Waals surface area contributed by atoms with Crippen LogP contribution in [0.15, 0.2) is 102 Å². The van der Waals surface area contributed by atoms with Gasteiger partial charge in [-0.25, -0.2) is 0 Å². The summed E-state index contributed by atoms with van der Waals surface area (Å²) in [5.41, 5.74) is 13.3. The molecule has 1 aliphatic carbocycles. The second-order valence-electron chi connectivity index (χ2n) is 9.47. The standard InChI is InChI=1S/C33H30Si/c1-22-16-23(2)19-27(18-22)30-13-9-15-32(33(30)28-20-24(3)17-25(4)21-28)34-31-14-8-12-29(31)26-10-6-5-7-11-26/h5-13,15-21H,14H2,1-4H3. The van der Waals surface area contributed by atoms with Crippen molar-refractivity contribution < 1.29 is 0 Å². The van der Waals surface area contributed by atoms with Crippen LogP contribution in [0.5, 0.6) is 0 Å². The second-order valence-corrected chi connectivity index (χ2v) is 10.9. The summed E-state index contributed by atoms with van der Waals surface area (Å²) in [5.74, 6) is 0. The van der Waals surface area contributed by atoms with Crippen LogP contribution < -0.4 is 5.19 Å². The van der Waals surface area contributed by atoms with Gasteiger partial charge < -0.3 is 0 Å². The van der Waals surface area contributed by atoms with Gasteiger partial charge in [0.25, 0.3) is 0 Å². The average molecular weight is 455 g/mol. The molecule has 5 rings (SSSR count). The van der Waals surface area contributed by atoms with Gasteiger partial charge in [0.2, 0.25) is 0 Å². The third kappa shape index (κ3) is 4.62. The zero-order valence-corrected chi connectivity index (χ0v) is 21.4. The molecule has 4 aromatic rings. The Morgan fingerprint density at radius 2 is 1.21 bits per heavy atom. The summed E-state index contributed by atoms with van der Waals surface area (Å²) in [7, 11) is 0.635. The number of benzene rings is 4. The van der Waals surface area contributed by atoms with Gasteiger partial charge in [0.15, 0.2) is 0 Å². The van der Waals surface area contributed by atoms with Gasteiger partial charge in [-0.2, -0.15) is 0 Å². The van der Waals surface area contributed by atoms with E-state index in [-0.39, 0.29) is 0 Å². The van der Waals surface area contributed by atoms with Crippen molar-refractivity contribution in [2.45, 2.75) is 34.1 Å². The van der Waals surface area contributed by atoms with E-state index in [0.29, 0.717) is 9.52 Å². The molecule has 166 valence electrons. The Hall–Kier alpha value is -3.42. The van der Waals surface area contributed by atoms with Gasteiger partial charge in [-0.05, 0) is 67.5 Å². The van der Waals surface area contributed by atoms with Gasteiger partial charge >= 0.3 is 0 Å². The molecule has 0 spiro atoms. The first kappa shape index (κ1) is 22.4. The van der Waals surface area contributed by atoms with Crippen molar-refractivity contribution in [2.75, 3.05) is 0 Å². The number of rotatable bonds is 5. The lowest BCUT2D eigenvalue weighted by atomic mass is 9.91. The highest BCUT2D eigenvalue weighted by Crippen LogP contribution is 2.34. The molecule has 0 heterocycles. The summed E-state index contributed by atoms with van der Waals surface area (Å²) in [6, 6.07) is 31.6.